The van der Waals surface area contributed by atoms with Crippen molar-refractivity contribution in [3.05, 3.63) is 18.5 Å². The van der Waals surface area contributed by atoms with Gasteiger partial charge in [-0.25, -0.2) is 0 Å². The van der Waals surface area contributed by atoms with E-state index in [2.05, 4.69) is 5.10 Å². The molecule has 0 spiro atoms. The maximum absolute atomic E-state index is 6.97. The normalized spacial score (nSPS) is 9.82. The molecule has 1 heterocycles. The van der Waals surface area contributed by atoms with Crippen LogP contribution in [0, 0.1) is 5.41 Å². The maximum Gasteiger partial charge on any atom is 0.0905 e. The molecule has 0 atom stereocenters. The molecule has 11 heavy (non-hydrogen) atoms. The summed E-state index contributed by atoms with van der Waals surface area (Å²) in [6, 6.07) is 1.88. The molecule has 1 aromatic rings. The Morgan fingerprint density at radius 1 is 1.64 bits per heavy atom. The Bertz CT molecular complexity index is 214. The number of amidine groups is 1. The Morgan fingerprint density at radius 2 is 2.45 bits per heavy atom. The third kappa shape index (κ3) is 2.84. The smallest absolute Gasteiger partial charge is 0.0905 e. The first kappa shape index (κ1) is 7.78. The van der Waals surface area contributed by atoms with Crippen LogP contribution < -0.4 is 5.73 Å². The van der Waals surface area contributed by atoms with Gasteiger partial charge in [-0.3, -0.25) is 10.1 Å². The van der Waals surface area contributed by atoms with Crippen molar-refractivity contribution in [1.82, 2.24) is 9.78 Å². The second-order valence-electron chi connectivity index (χ2n) is 2.40. The Morgan fingerprint density at radius 3 is 3.00 bits per heavy atom. The van der Waals surface area contributed by atoms with E-state index in [4.69, 9.17) is 11.1 Å². The lowest BCUT2D eigenvalue weighted by Gasteiger charge is -1.99. The van der Waals surface area contributed by atoms with Crippen molar-refractivity contribution in [3.8, 4) is 0 Å². The molecule has 0 aliphatic rings. The van der Waals surface area contributed by atoms with Crippen LogP contribution in [0.2, 0.25) is 0 Å². The molecule has 0 saturated carbocycles. The van der Waals surface area contributed by atoms with E-state index >= 15 is 0 Å². The third-order valence-corrected chi connectivity index (χ3v) is 1.39. The monoisotopic (exact) mass is 152 g/mol. The van der Waals surface area contributed by atoms with Gasteiger partial charge < -0.3 is 5.73 Å². The van der Waals surface area contributed by atoms with Crippen molar-refractivity contribution in [2.75, 3.05) is 0 Å². The number of rotatable bonds is 4. The van der Waals surface area contributed by atoms with E-state index < -0.39 is 0 Å². The van der Waals surface area contributed by atoms with Gasteiger partial charge in [0, 0.05) is 25.4 Å². The molecule has 60 valence electrons. The lowest BCUT2D eigenvalue weighted by atomic mass is 10.3. The number of nitrogens with two attached hydrogens (primary N) is 1. The molecule has 0 aromatic carbocycles. The summed E-state index contributed by atoms with van der Waals surface area (Å²) in [6.45, 7) is 0.840. The van der Waals surface area contributed by atoms with Crippen LogP contribution in [0.5, 0.6) is 0 Å². The molecular weight excluding hydrogens is 140 g/mol. The Hall–Kier alpha value is -1.32. The first-order valence-electron chi connectivity index (χ1n) is 3.59. The Kier molecular flexibility index (Phi) is 2.66. The van der Waals surface area contributed by atoms with Crippen LogP contribution in [-0.4, -0.2) is 15.6 Å². The molecule has 0 saturated heterocycles. The van der Waals surface area contributed by atoms with Gasteiger partial charge in [0.15, 0.2) is 0 Å². The standard InChI is InChI=1S/C7H12N4/c8-7(9)3-1-5-11-6-2-4-10-11/h2,4,6H,1,3,5H2,(H3,8,9). The number of aromatic nitrogens is 2. The van der Waals surface area contributed by atoms with Crippen molar-refractivity contribution in [2.45, 2.75) is 19.4 Å². The van der Waals surface area contributed by atoms with Crippen molar-refractivity contribution >= 4 is 5.84 Å². The third-order valence-electron chi connectivity index (χ3n) is 1.39. The van der Waals surface area contributed by atoms with Crippen LogP contribution in [0.25, 0.3) is 0 Å². The largest absolute Gasteiger partial charge is 0.388 e. The Balaban J connectivity index is 2.19. The fraction of sp³-hybridized carbons (Fsp3) is 0.429. The van der Waals surface area contributed by atoms with Crippen LogP contribution >= 0.6 is 0 Å². The van der Waals surface area contributed by atoms with Crippen LogP contribution in [0.15, 0.2) is 18.5 Å². The van der Waals surface area contributed by atoms with Gasteiger partial charge in [-0.1, -0.05) is 0 Å². The SMILES string of the molecule is N=C(N)CCCn1cccn1. The molecule has 1 rings (SSSR count). The number of nitrogens with one attached hydrogen (secondary N) is 1. The van der Waals surface area contributed by atoms with Crippen LogP contribution in [0.4, 0.5) is 0 Å². The summed E-state index contributed by atoms with van der Waals surface area (Å²) in [7, 11) is 0. The van der Waals surface area contributed by atoms with Gasteiger partial charge in [0.1, 0.15) is 0 Å². The molecule has 4 heteroatoms. The van der Waals surface area contributed by atoms with Gasteiger partial charge in [-0.2, -0.15) is 5.10 Å². The fourth-order valence-electron chi connectivity index (χ4n) is 0.864. The van der Waals surface area contributed by atoms with Crippen molar-refractivity contribution in [2.24, 2.45) is 5.73 Å². The maximum atomic E-state index is 6.97. The molecule has 3 N–H and O–H groups in total. The molecular formula is C7H12N4. The van der Waals surface area contributed by atoms with Gasteiger partial charge in [0.2, 0.25) is 0 Å². The van der Waals surface area contributed by atoms with Crippen LogP contribution in [0.1, 0.15) is 12.8 Å². The first-order valence-corrected chi connectivity index (χ1v) is 3.59. The number of hydrogen-bond donors (Lipinski definition) is 2. The average Bonchev–Trinajstić information content (AvgIpc) is 2.39. The summed E-state index contributed by atoms with van der Waals surface area (Å²) in [5.74, 6) is 0.247. The van der Waals surface area contributed by atoms with E-state index in [-0.39, 0.29) is 5.84 Å². The van der Waals surface area contributed by atoms with Crippen molar-refractivity contribution < 1.29 is 0 Å². The summed E-state index contributed by atoms with van der Waals surface area (Å²) in [5.41, 5.74) is 5.19. The minimum absolute atomic E-state index is 0.247. The zero-order valence-corrected chi connectivity index (χ0v) is 6.33. The molecule has 0 aliphatic heterocycles. The van der Waals surface area contributed by atoms with Crippen LogP contribution in [-0.2, 0) is 6.54 Å². The fourth-order valence-corrected chi connectivity index (χ4v) is 0.864. The van der Waals surface area contributed by atoms with E-state index in [1.165, 1.54) is 0 Å². The quantitative estimate of drug-likeness (QED) is 0.490. The summed E-state index contributed by atoms with van der Waals surface area (Å²) >= 11 is 0. The number of aryl methyl sites for hydroxylation is 1. The van der Waals surface area contributed by atoms with Crippen molar-refractivity contribution in [1.29, 1.82) is 5.41 Å². The molecule has 4 nitrogen and oxygen atoms in total. The zero-order chi connectivity index (χ0) is 8.10. The summed E-state index contributed by atoms with van der Waals surface area (Å²) in [5, 5.41) is 11.0. The first-order chi connectivity index (χ1) is 5.29. The summed E-state index contributed by atoms with van der Waals surface area (Å²) in [6.07, 6.45) is 5.19. The topological polar surface area (TPSA) is 67.7 Å². The van der Waals surface area contributed by atoms with E-state index in [1.54, 1.807) is 6.20 Å². The number of nitrogens with zero attached hydrogens (tertiary/aromatic N) is 2. The molecule has 0 amide bonds. The summed E-state index contributed by atoms with van der Waals surface area (Å²) in [4.78, 5) is 0. The van der Waals surface area contributed by atoms with Gasteiger partial charge in [-0.05, 0) is 12.5 Å². The zero-order valence-electron chi connectivity index (χ0n) is 6.33. The summed E-state index contributed by atoms with van der Waals surface area (Å²) < 4.78 is 1.84. The highest BCUT2D eigenvalue weighted by molar-refractivity contribution is 5.76. The predicted octanol–water partition coefficient (Wildman–Crippen LogP) is 0.599. The average molecular weight is 152 g/mol. The van der Waals surface area contributed by atoms with Gasteiger partial charge in [0.05, 0.1) is 5.84 Å². The van der Waals surface area contributed by atoms with E-state index in [1.807, 2.05) is 16.9 Å². The van der Waals surface area contributed by atoms with E-state index in [0.717, 1.165) is 13.0 Å². The minimum atomic E-state index is 0.247. The predicted molar refractivity (Wildman–Crippen MR) is 43.4 cm³/mol. The molecule has 0 aliphatic carbocycles. The van der Waals surface area contributed by atoms with Gasteiger partial charge in [-0.15, -0.1) is 0 Å². The molecule has 0 fully saturated rings. The highest BCUT2D eigenvalue weighted by Gasteiger charge is 1.91. The van der Waals surface area contributed by atoms with Crippen LogP contribution in [0.3, 0.4) is 0 Å². The second kappa shape index (κ2) is 3.75. The second-order valence-corrected chi connectivity index (χ2v) is 2.40. The Labute approximate surface area is 65.5 Å². The lowest BCUT2D eigenvalue weighted by Crippen LogP contribution is -2.10. The van der Waals surface area contributed by atoms with Crippen molar-refractivity contribution in [3.63, 3.8) is 0 Å². The molecule has 1 aromatic heterocycles. The lowest BCUT2D eigenvalue weighted by molar-refractivity contribution is 0.588. The molecule has 0 unspecified atom stereocenters. The van der Waals surface area contributed by atoms with E-state index in [0.29, 0.717) is 6.42 Å². The minimum Gasteiger partial charge on any atom is -0.388 e. The highest BCUT2D eigenvalue weighted by atomic mass is 15.3. The molecule has 0 bridgehead atoms. The van der Waals surface area contributed by atoms with Gasteiger partial charge in [0.25, 0.3) is 0 Å². The molecule has 0 radical (unpaired) electrons. The van der Waals surface area contributed by atoms with E-state index in [9.17, 15) is 0 Å². The number of hydrogen-bond acceptors (Lipinski definition) is 2. The van der Waals surface area contributed by atoms with Gasteiger partial charge >= 0.3 is 0 Å². The highest BCUT2D eigenvalue weighted by Crippen LogP contribution is 1.92.